The smallest absolute Gasteiger partial charge is 0.227 e. The van der Waals surface area contributed by atoms with Gasteiger partial charge in [-0.15, -0.1) is 0 Å². The number of nitrogens with one attached hydrogen (secondary N) is 1. The second-order valence-corrected chi connectivity index (χ2v) is 4.53. The molecule has 0 aliphatic heterocycles. The van der Waals surface area contributed by atoms with E-state index in [-0.39, 0.29) is 12.2 Å². The molecule has 0 bridgehead atoms. The highest BCUT2D eigenvalue weighted by Crippen LogP contribution is 2.22. The topological polar surface area (TPSA) is 58.6 Å². The third-order valence-electron chi connectivity index (χ3n) is 3.00. The van der Waals surface area contributed by atoms with Crippen LogP contribution in [0.2, 0.25) is 0 Å². The summed E-state index contributed by atoms with van der Waals surface area (Å²) in [6, 6.07) is 13.0. The maximum Gasteiger partial charge on any atom is 0.227 e. The van der Waals surface area contributed by atoms with Crippen LogP contribution in [-0.2, 0) is 4.79 Å². The second-order valence-electron chi connectivity index (χ2n) is 4.53. The number of carbonyl (C=O) groups is 1. The van der Waals surface area contributed by atoms with Gasteiger partial charge in [0.2, 0.25) is 5.91 Å². The molecule has 2 aromatic rings. The number of carbonyl (C=O) groups excluding carboxylic acids is 1. The first-order valence-electron chi connectivity index (χ1n) is 6.46. The van der Waals surface area contributed by atoms with Crippen molar-refractivity contribution in [2.75, 3.05) is 12.4 Å². The van der Waals surface area contributed by atoms with Crippen LogP contribution in [0.25, 0.3) is 0 Å². The van der Waals surface area contributed by atoms with E-state index in [1.165, 1.54) is 25.3 Å². The van der Waals surface area contributed by atoms with E-state index >= 15 is 0 Å². The summed E-state index contributed by atoms with van der Waals surface area (Å²) < 4.78 is 18.3. The molecular formula is C16H16FNO3. The molecule has 0 fully saturated rings. The molecule has 0 aliphatic rings. The highest BCUT2D eigenvalue weighted by molar-refractivity contribution is 5.91. The number of hydrogen-bond donors (Lipinski definition) is 2. The van der Waals surface area contributed by atoms with E-state index in [2.05, 4.69) is 5.32 Å². The molecule has 2 N–H and O–H groups in total. The molecule has 0 heterocycles. The van der Waals surface area contributed by atoms with Crippen LogP contribution in [-0.4, -0.2) is 18.1 Å². The first kappa shape index (κ1) is 15.0. The molecule has 2 rings (SSSR count). The highest BCUT2D eigenvalue weighted by atomic mass is 19.1. The molecular weight excluding hydrogens is 273 g/mol. The molecule has 1 unspecified atom stereocenters. The predicted octanol–water partition coefficient (Wildman–Crippen LogP) is 2.90. The molecule has 4 nitrogen and oxygen atoms in total. The standard InChI is InChI=1S/C16H16FNO3/c1-21-15-8-7-12(9-13(15)17)18-16(20)10-14(19)11-5-3-2-4-6-11/h2-9,14,19H,10H2,1H3,(H,18,20). The molecule has 110 valence electrons. The number of methoxy groups -OCH3 is 1. The molecule has 0 spiro atoms. The Hall–Kier alpha value is -2.40. The number of anilines is 1. The normalized spacial score (nSPS) is 11.8. The Balaban J connectivity index is 1.97. The van der Waals surface area contributed by atoms with Gasteiger partial charge in [0.1, 0.15) is 0 Å². The summed E-state index contributed by atoms with van der Waals surface area (Å²) in [6.07, 6.45) is -0.994. The van der Waals surface area contributed by atoms with Gasteiger partial charge in [-0.3, -0.25) is 4.79 Å². The lowest BCUT2D eigenvalue weighted by Crippen LogP contribution is -2.15. The molecule has 1 atom stereocenters. The number of ether oxygens (including phenoxy) is 1. The minimum absolute atomic E-state index is 0.0995. The van der Waals surface area contributed by atoms with E-state index in [1.807, 2.05) is 6.07 Å². The van der Waals surface area contributed by atoms with Gasteiger partial charge in [0, 0.05) is 11.8 Å². The SMILES string of the molecule is COc1ccc(NC(=O)CC(O)c2ccccc2)cc1F. The van der Waals surface area contributed by atoms with Gasteiger partial charge in [-0.2, -0.15) is 0 Å². The number of halogens is 1. The zero-order valence-corrected chi connectivity index (χ0v) is 11.5. The Morgan fingerprint density at radius 1 is 1.29 bits per heavy atom. The first-order chi connectivity index (χ1) is 10.1. The summed E-state index contributed by atoms with van der Waals surface area (Å²) in [7, 11) is 1.37. The lowest BCUT2D eigenvalue weighted by molar-refractivity contribution is -0.118. The van der Waals surface area contributed by atoms with Crippen LogP contribution in [0.4, 0.5) is 10.1 Å². The van der Waals surface area contributed by atoms with E-state index in [1.54, 1.807) is 24.3 Å². The van der Waals surface area contributed by atoms with Crippen molar-refractivity contribution in [3.05, 3.63) is 59.9 Å². The monoisotopic (exact) mass is 289 g/mol. The molecule has 0 aliphatic carbocycles. The van der Waals surface area contributed by atoms with Gasteiger partial charge in [-0.05, 0) is 17.7 Å². The van der Waals surface area contributed by atoms with Gasteiger partial charge in [0.15, 0.2) is 11.6 Å². The molecule has 2 aromatic carbocycles. The van der Waals surface area contributed by atoms with Crippen molar-refractivity contribution >= 4 is 11.6 Å². The third kappa shape index (κ3) is 4.03. The highest BCUT2D eigenvalue weighted by Gasteiger charge is 2.13. The summed E-state index contributed by atoms with van der Waals surface area (Å²) in [5.41, 5.74) is 0.979. The fourth-order valence-electron chi connectivity index (χ4n) is 1.92. The van der Waals surface area contributed by atoms with Crippen LogP contribution in [0, 0.1) is 5.82 Å². The zero-order chi connectivity index (χ0) is 15.2. The number of aliphatic hydroxyl groups excluding tert-OH is 1. The van der Waals surface area contributed by atoms with Gasteiger partial charge in [-0.25, -0.2) is 4.39 Å². The van der Waals surface area contributed by atoms with E-state index in [4.69, 9.17) is 4.74 Å². The minimum atomic E-state index is -0.894. The first-order valence-corrected chi connectivity index (χ1v) is 6.46. The zero-order valence-electron chi connectivity index (χ0n) is 11.5. The Morgan fingerprint density at radius 2 is 2.00 bits per heavy atom. The maximum atomic E-state index is 13.5. The van der Waals surface area contributed by atoms with Crippen LogP contribution in [0.15, 0.2) is 48.5 Å². The fourth-order valence-corrected chi connectivity index (χ4v) is 1.92. The van der Waals surface area contributed by atoms with Gasteiger partial charge in [0.05, 0.1) is 19.6 Å². The summed E-state index contributed by atoms with van der Waals surface area (Å²) in [5.74, 6) is -0.841. The van der Waals surface area contributed by atoms with Crippen molar-refractivity contribution in [2.45, 2.75) is 12.5 Å². The number of aliphatic hydroxyl groups is 1. The van der Waals surface area contributed by atoms with Gasteiger partial charge in [0.25, 0.3) is 0 Å². The van der Waals surface area contributed by atoms with Gasteiger partial charge in [-0.1, -0.05) is 30.3 Å². The molecule has 1 amide bonds. The van der Waals surface area contributed by atoms with Crippen LogP contribution in [0.3, 0.4) is 0 Å². The molecule has 0 saturated carbocycles. The van der Waals surface area contributed by atoms with Crippen molar-refractivity contribution in [2.24, 2.45) is 0 Å². The summed E-state index contributed by atoms with van der Waals surface area (Å²) in [4.78, 5) is 11.8. The average Bonchev–Trinajstić information content (AvgIpc) is 2.48. The number of amides is 1. The average molecular weight is 289 g/mol. The van der Waals surface area contributed by atoms with Crippen LogP contribution >= 0.6 is 0 Å². The van der Waals surface area contributed by atoms with Crippen LogP contribution in [0.1, 0.15) is 18.1 Å². The number of hydrogen-bond acceptors (Lipinski definition) is 3. The van der Waals surface area contributed by atoms with Gasteiger partial charge >= 0.3 is 0 Å². The minimum Gasteiger partial charge on any atom is -0.494 e. The quantitative estimate of drug-likeness (QED) is 0.889. The Bertz CT molecular complexity index is 616. The maximum absolute atomic E-state index is 13.5. The lowest BCUT2D eigenvalue weighted by Gasteiger charge is -2.11. The fraction of sp³-hybridized carbons (Fsp3) is 0.188. The number of benzene rings is 2. The van der Waals surface area contributed by atoms with Gasteiger partial charge < -0.3 is 15.2 Å². The Kier molecular flexibility index (Phi) is 4.90. The van der Waals surface area contributed by atoms with Crippen molar-refractivity contribution in [1.29, 1.82) is 0 Å². The largest absolute Gasteiger partial charge is 0.494 e. The Morgan fingerprint density at radius 3 is 2.62 bits per heavy atom. The molecule has 5 heteroatoms. The van der Waals surface area contributed by atoms with Crippen molar-refractivity contribution < 1.29 is 19.0 Å². The molecule has 21 heavy (non-hydrogen) atoms. The van der Waals surface area contributed by atoms with E-state index < -0.39 is 17.8 Å². The van der Waals surface area contributed by atoms with E-state index in [0.717, 1.165) is 0 Å². The predicted molar refractivity (Wildman–Crippen MR) is 77.6 cm³/mol. The van der Waals surface area contributed by atoms with E-state index in [9.17, 15) is 14.3 Å². The van der Waals surface area contributed by atoms with Crippen molar-refractivity contribution in [3.63, 3.8) is 0 Å². The van der Waals surface area contributed by atoms with E-state index in [0.29, 0.717) is 11.3 Å². The van der Waals surface area contributed by atoms with Crippen LogP contribution in [0.5, 0.6) is 5.75 Å². The molecule has 0 radical (unpaired) electrons. The van der Waals surface area contributed by atoms with Crippen molar-refractivity contribution in [1.82, 2.24) is 0 Å². The summed E-state index contributed by atoms with van der Waals surface area (Å²) in [5, 5.41) is 12.5. The van der Waals surface area contributed by atoms with Crippen LogP contribution < -0.4 is 10.1 Å². The second kappa shape index (κ2) is 6.85. The molecule has 0 saturated heterocycles. The molecule has 0 aromatic heterocycles. The van der Waals surface area contributed by atoms with Crippen molar-refractivity contribution in [3.8, 4) is 5.75 Å². The summed E-state index contributed by atoms with van der Waals surface area (Å²) in [6.45, 7) is 0. The summed E-state index contributed by atoms with van der Waals surface area (Å²) >= 11 is 0. The lowest BCUT2D eigenvalue weighted by atomic mass is 10.1. The Labute approximate surface area is 122 Å². The number of rotatable bonds is 5. The third-order valence-corrected chi connectivity index (χ3v) is 3.00.